The summed E-state index contributed by atoms with van der Waals surface area (Å²) in [5, 5.41) is 12.9. The summed E-state index contributed by atoms with van der Waals surface area (Å²) in [4.78, 5) is 48.1. The summed E-state index contributed by atoms with van der Waals surface area (Å²) in [6.07, 6.45) is 5.47. The van der Waals surface area contributed by atoms with Gasteiger partial charge in [-0.25, -0.2) is 14.6 Å². The summed E-state index contributed by atoms with van der Waals surface area (Å²) < 4.78 is 5.81. The van der Waals surface area contributed by atoms with Gasteiger partial charge >= 0.3 is 12.2 Å². The quantitative estimate of drug-likeness (QED) is 0.336. The van der Waals surface area contributed by atoms with E-state index in [4.69, 9.17) is 21.3 Å². The number of hydrogen-bond acceptors (Lipinski definition) is 5. The van der Waals surface area contributed by atoms with Crippen LogP contribution in [-0.2, 0) is 9.53 Å². The number of nitrogens with one attached hydrogen (secondary N) is 2. The lowest BCUT2D eigenvalue weighted by Gasteiger charge is -2.36. The Balaban J connectivity index is 1.45. The summed E-state index contributed by atoms with van der Waals surface area (Å²) in [5.74, 6) is 0.380. The van der Waals surface area contributed by atoms with Crippen molar-refractivity contribution in [2.45, 2.75) is 37.8 Å². The van der Waals surface area contributed by atoms with E-state index in [-0.39, 0.29) is 18.4 Å². The summed E-state index contributed by atoms with van der Waals surface area (Å²) >= 11 is 6.13. The first kappa shape index (κ1) is 26.3. The molecule has 1 fully saturated rings. The van der Waals surface area contributed by atoms with Gasteiger partial charge in [0.05, 0.1) is 17.4 Å². The van der Waals surface area contributed by atoms with Crippen LogP contribution in [0.4, 0.5) is 21.0 Å². The second kappa shape index (κ2) is 11.2. The Kier molecular flexibility index (Phi) is 7.56. The van der Waals surface area contributed by atoms with Gasteiger partial charge in [0.25, 0.3) is 0 Å². The maximum absolute atomic E-state index is 13.2. The van der Waals surface area contributed by atoms with E-state index in [0.717, 1.165) is 10.5 Å². The Morgan fingerprint density at radius 3 is 2.82 bits per heavy atom. The normalized spacial score (nSPS) is 19.6. The SMILES string of the molecule is CN(C(=O)O)c1ccc2c(c1)NC(=O)CCC=CC[C@H](N1CCC(c3cccc(Cl)c3)OC1=O)c1nc-2c[nH]1. The van der Waals surface area contributed by atoms with Crippen LogP contribution in [0.2, 0.25) is 5.02 Å². The van der Waals surface area contributed by atoms with Gasteiger partial charge in [0, 0.05) is 48.9 Å². The van der Waals surface area contributed by atoms with E-state index in [2.05, 4.69) is 10.3 Å². The fourth-order valence-corrected chi connectivity index (χ4v) is 5.00. The summed E-state index contributed by atoms with van der Waals surface area (Å²) in [6, 6.07) is 11.9. The zero-order valence-electron chi connectivity index (χ0n) is 21.3. The first-order chi connectivity index (χ1) is 18.8. The number of amides is 3. The molecule has 10 nitrogen and oxygen atoms in total. The van der Waals surface area contributed by atoms with Crippen molar-refractivity contribution in [3.63, 3.8) is 0 Å². The van der Waals surface area contributed by atoms with Crippen molar-refractivity contribution in [1.82, 2.24) is 14.9 Å². The minimum atomic E-state index is -1.12. The van der Waals surface area contributed by atoms with E-state index < -0.39 is 18.2 Å². The molecule has 0 saturated carbocycles. The molecule has 3 N–H and O–H groups in total. The standard InChI is InChI=1S/C28H28ClN5O5/c1-33(27(36)37)19-10-11-20-21(15-19)31-25(35)9-4-2-3-8-23(26-30-16-22(20)32-26)34-13-12-24(39-28(34)38)17-6-5-7-18(29)14-17/h2-3,5-7,10-11,14-16,23-24H,4,8-9,12-13H2,1H3,(H,30,32)(H,31,35)(H,36,37)/t23-,24?/m0/s1. The minimum Gasteiger partial charge on any atom is -0.465 e. The number of imidazole rings is 1. The maximum Gasteiger partial charge on any atom is 0.411 e. The largest absolute Gasteiger partial charge is 0.465 e. The van der Waals surface area contributed by atoms with E-state index in [9.17, 15) is 19.5 Å². The Morgan fingerprint density at radius 2 is 2.05 bits per heavy atom. The number of nitrogens with zero attached hydrogens (tertiary/aromatic N) is 3. The van der Waals surface area contributed by atoms with E-state index in [1.54, 1.807) is 35.4 Å². The number of ether oxygens (including phenoxy) is 1. The van der Waals surface area contributed by atoms with Crippen LogP contribution in [0, 0.1) is 0 Å². The summed E-state index contributed by atoms with van der Waals surface area (Å²) in [5.41, 5.74) is 2.89. The number of fused-ring (bicyclic) bond motifs is 4. The second-order valence-corrected chi connectivity index (χ2v) is 9.90. The number of halogens is 1. The first-order valence-corrected chi connectivity index (χ1v) is 13.0. The van der Waals surface area contributed by atoms with Crippen molar-refractivity contribution >= 4 is 41.1 Å². The third-order valence-corrected chi connectivity index (χ3v) is 7.15. The highest BCUT2D eigenvalue weighted by molar-refractivity contribution is 6.30. The van der Waals surface area contributed by atoms with Gasteiger partial charge in [-0.1, -0.05) is 35.9 Å². The van der Waals surface area contributed by atoms with E-state index >= 15 is 0 Å². The van der Waals surface area contributed by atoms with E-state index in [1.165, 1.54) is 7.05 Å². The summed E-state index contributed by atoms with van der Waals surface area (Å²) in [6.45, 7) is 0.464. The van der Waals surface area contributed by atoms with Crippen LogP contribution in [0.15, 0.2) is 60.8 Å². The molecule has 2 aliphatic heterocycles. The molecule has 1 saturated heterocycles. The van der Waals surface area contributed by atoms with Crippen LogP contribution in [-0.4, -0.2) is 51.7 Å². The molecule has 1 unspecified atom stereocenters. The molecule has 2 aromatic carbocycles. The molecule has 0 radical (unpaired) electrons. The van der Waals surface area contributed by atoms with E-state index in [0.29, 0.717) is 59.3 Å². The van der Waals surface area contributed by atoms with Crippen molar-refractivity contribution in [3.05, 3.63) is 77.2 Å². The zero-order chi connectivity index (χ0) is 27.5. The minimum absolute atomic E-state index is 0.200. The molecule has 3 heterocycles. The van der Waals surface area contributed by atoms with Gasteiger partial charge in [-0.3, -0.25) is 14.6 Å². The van der Waals surface area contributed by atoms with Gasteiger partial charge in [0.1, 0.15) is 11.9 Å². The Morgan fingerprint density at radius 1 is 1.21 bits per heavy atom. The number of cyclic esters (lactones) is 1. The van der Waals surface area contributed by atoms with Crippen molar-refractivity contribution in [2.75, 3.05) is 23.8 Å². The highest BCUT2D eigenvalue weighted by atomic mass is 35.5. The molecule has 2 atom stereocenters. The Bertz CT molecular complexity index is 1440. The average Bonchev–Trinajstić information content (AvgIpc) is 3.40. The second-order valence-electron chi connectivity index (χ2n) is 9.46. The van der Waals surface area contributed by atoms with Crippen LogP contribution in [0.25, 0.3) is 11.3 Å². The average molecular weight is 550 g/mol. The number of aromatic amines is 1. The smallest absolute Gasteiger partial charge is 0.411 e. The molecule has 202 valence electrons. The Hall–Kier alpha value is -4.31. The van der Waals surface area contributed by atoms with E-state index in [1.807, 2.05) is 30.4 Å². The summed E-state index contributed by atoms with van der Waals surface area (Å²) in [7, 11) is 1.43. The molecule has 0 spiro atoms. The molecule has 3 amide bonds. The predicted molar refractivity (Wildman–Crippen MR) is 147 cm³/mol. The van der Waals surface area contributed by atoms with Crippen molar-refractivity contribution in [3.8, 4) is 11.3 Å². The van der Waals surface area contributed by atoms with Crippen LogP contribution in [0.1, 0.15) is 49.2 Å². The number of allylic oxidation sites excluding steroid dienone is 1. The van der Waals surface area contributed by atoms with Gasteiger partial charge < -0.3 is 20.1 Å². The van der Waals surface area contributed by atoms with Crippen LogP contribution in [0.5, 0.6) is 0 Å². The molecule has 1 aromatic heterocycles. The number of carboxylic acid groups (broad SMARTS) is 1. The van der Waals surface area contributed by atoms with Crippen molar-refractivity contribution < 1.29 is 24.2 Å². The zero-order valence-corrected chi connectivity index (χ0v) is 22.0. The highest BCUT2D eigenvalue weighted by Crippen LogP contribution is 2.36. The number of carbonyl (C=O) groups excluding carboxylic acids is 2. The van der Waals surface area contributed by atoms with Crippen molar-refractivity contribution in [2.24, 2.45) is 0 Å². The lowest BCUT2D eigenvalue weighted by Crippen LogP contribution is -2.41. The van der Waals surface area contributed by atoms with Crippen LogP contribution >= 0.6 is 11.6 Å². The Labute approximate surface area is 230 Å². The predicted octanol–water partition coefficient (Wildman–Crippen LogP) is 6.15. The molecule has 5 rings (SSSR count). The number of rotatable bonds is 3. The van der Waals surface area contributed by atoms with Gasteiger partial charge in [0.2, 0.25) is 5.91 Å². The number of anilines is 2. The number of benzene rings is 2. The molecule has 39 heavy (non-hydrogen) atoms. The molecule has 2 bridgehead atoms. The number of H-pyrrole nitrogens is 1. The third-order valence-electron chi connectivity index (χ3n) is 6.91. The lowest BCUT2D eigenvalue weighted by atomic mass is 10.0. The monoisotopic (exact) mass is 549 g/mol. The molecular formula is C28H28ClN5O5. The fourth-order valence-electron chi connectivity index (χ4n) is 4.80. The van der Waals surface area contributed by atoms with Gasteiger partial charge in [0.15, 0.2) is 0 Å². The van der Waals surface area contributed by atoms with Gasteiger partial charge in [-0.15, -0.1) is 0 Å². The number of carbonyl (C=O) groups is 3. The fraction of sp³-hybridized carbons (Fsp3) is 0.286. The number of aromatic nitrogens is 2. The lowest BCUT2D eigenvalue weighted by molar-refractivity contribution is -0.116. The van der Waals surface area contributed by atoms with Gasteiger partial charge in [-0.05, 0) is 48.7 Å². The first-order valence-electron chi connectivity index (χ1n) is 12.6. The topological polar surface area (TPSA) is 128 Å². The van der Waals surface area contributed by atoms with Crippen molar-refractivity contribution in [1.29, 1.82) is 0 Å². The van der Waals surface area contributed by atoms with Crippen LogP contribution in [0.3, 0.4) is 0 Å². The maximum atomic E-state index is 13.2. The molecule has 3 aromatic rings. The molecule has 2 aliphatic rings. The highest BCUT2D eigenvalue weighted by Gasteiger charge is 2.35. The molecule has 0 aliphatic carbocycles. The molecular weight excluding hydrogens is 522 g/mol. The van der Waals surface area contributed by atoms with Gasteiger partial charge in [-0.2, -0.15) is 0 Å². The number of hydrogen-bond donors (Lipinski definition) is 3. The molecule has 11 heteroatoms. The van der Waals surface area contributed by atoms with Crippen LogP contribution < -0.4 is 10.2 Å². The third kappa shape index (κ3) is 5.75.